The third-order valence-electron chi connectivity index (χ3n) is 8.11. The smallest absolute Gasteiger partial charge is 0.253 e. The van der Waals surface area contributed by atoms with Crippen molar-refractivity contribution in [2.24, 2.45) is 16.8 Å². The molecule has 1 aromatic carbocycles. The van der Waals surface area contributed by atoms with Gasteiger partial charge in [-0.1, -0.05) is 6.07 Å². The molecule has 1 spiro atoms. The van der Waals surface area contributed by atoms with Crippen molar-refractivity contribution in [1.82, 2.24) is 9.62 Å². The van der Waals surface area contributed by atoms with Crippen LogP contribution >= 0.6 is 0 Å². The number of amides is 2. The van der Waals surface area contributed by atoms with E-state index in [4.69, 9.17) is 4.99 Å². The minimum Gasteiger partial charge on any atom is -0.326 e. The van der Waals surface area contributed by atoms with Gasteiger partial charge in [0, 0.05) is 38.0 Å². The van der Waals surface area contributed by atoms with Gasteiger partial charge in [-0.2, -0.15) is 0 Å². The van der Waals surface area contributed by atoms with Crippen LogP contribution in [-0.2, 0) is 26.0 Å². The zero-order valence-electron chi connectivity index (χ0n) is 22.4. The van der Waals surface area contributed by atoms with Gasteiger partial charge in [-0.25, -0.2) is 21.5 Å². The zero-order chi connectivity index (χ0) is 27.7. The second-order valence-electron chi connectivity index (χ2n) is 11.3. The predicted molar refractivity (Wildman–Crippen MR) is 143 cm³/mol. The van der Waals surface area contributed by atoms with Crippen LogP contribution in [0, 0.1) is 18.8 Å². The summed E-state index contributed by atoms with van der Waals surface area (Å²) in [6.07, 6.45) is 3.73. The zero-order valence-corrected chi connectivity index (χ0v) is 23.2. The molecule has 1 aliphatic carbocycles. The van der Waals surface area contributed by atoms with Gasteiger partial charge in [-0.15, -0.1) is 0 Å². The summed E-state index contributed by atoms with van der Waals surface area (Å²) in [5.74, 6) is -2.35. The largest absolute Gasteiger partial charge is 0.326 e. The van der Waals surface area contributed by atoms with Crippen LogP contribution in [0.1, 0.15) is 69.9 Å². The van der Waals surface area contributed by atoms with Gasteiger partial charge in [0.05, 0.1) is 5.75 Å². The number of alkyl halides is 2. The number of amidine groups is 1. The molecule has 2 fully saturated rings. The summed E-state index contributed by atoms with van der Waals surface area (Å²) in [6, 6.07) is 5.43. The monoisotopic (exact) mass is 552 g/mol. The molecule has 38 heavy (non-hydrogen) atoms. The fourth-order valence-corrected chi connectivity index (χ4v) is 7.46. The first-order valence-electron chi connectivity index (χ1n) is 13.4. The van der Waals surface area contributed by atoms with Crippen LogP contribution in [0.15, 0.2) is 23.2 Å². The Kier molecular flexibility index (Phi) is 8.28. The van der Waals surface area contributed by atoms with Crippen LogP contribution in [0.4, 0.5) is 14.5 Å². The number of nitrogens with zero attached hydrogens (tertiary/aromatic N) is 2. The average Bonchev–Trinajstić information content (AvgIpc) is 3.13. The molecule has 0 unspecified atom stereocenters. The fourth-order valence-electron chi connectivity index (χ4n) is 5.98. The van der Waals surface area contributed by atoms with E-state index < -0.39 is 21.5 Å². The van der Waals surface area contributed by atoms with E-state index in [-0.39, 0.29) is 48.9 Å². The molecule has 0 atom stereocenters. The molecule has 0 radical (unpaired) electrons. The Morgan fingerprint density at radius 1 is 1.21 bits per heavy atom. The van der Waals surface area contributed by atoms with Crippen molar-refractivity contribution in [3.8, 4) is 0 Å². The number of anilines is 1. The topological polar surface area (TPSA) is 108 Å². The van der Waals surface area contributed by atoms with Crippen LogP contribution in [0.3, 0.4) is 0 Å². The lowest BCUT2D eigenvalue weighted by Gasteiger charge is -2.34. The Morgan fingerprint density at radius 3 is 2.45 bits per heavy atom. The van der Waals surface area contributed by atoms with Gasteiger partial charge < -0.3 is 10.6 Å². The number of aryl methyl sites for hydroxylation is 2. The summed E-state index contributed by atoms with van der Waals surface area (Å²) in [5, 5.41) is 5.66. The van der Waals surface area contributed by atoms with E-state index in [2.05, 4.69) is 10.6 Å². The molecule has 3 aliphatic rings. The minimum atomic E-state index is -3.52. The molecule has 1 saturated carbocycles. The highest BCUT2D eigenvalue weighted by atomic mass is 32.2. The normalized spacial score (nSPS) is 24.2. The molecular weight excluding hydrogens is 514 g/mol. The summed E-state index contributed by atoms with van der Waals surface area (Å²) in [4.78, 5) is 29.0. The molecular formula is C27H38F2N4O4S. The second kappa shape index (κ2) is 11.0. The molecule has 11 heteroatoms. The maximum Gasteiger partial charge on any atom is 0.253 e. The lowest BCUT2D eigenvalue weighted by Crippen LogP contribution is -2.51. The summed E-state index contributed by atoms with van der Waals surface area (Å²) in [7, 11) is -3.52. The number of aliphatic imine (C=N–C) groups is 1. The quantitative estimate of drug-likeness (QED) is 0.508. The van der Waals surface area contributed by atoms with Crippen LogP contribution in [0.2, 0.25) is 0 Å². The van der Waals surface area contributed by atoms with Crippen LogP contribution in [0.25, 0.3) is 0 Å². The van der Waals surface area contributed by atoms with Crippen molar-refractivity contribution in [3.05, 3.63) is 29.3 Å². The lowest BCUT2D eigenvalue weighted by molar-refractivity contribution is -0.125. The van der Waals surface area contributed by atoms with Crippen molar-refractivity contribution in [1.29, 1.82) is 0 Å². The molecule has 0 bridgehead atoms. The number of carbonyl (C=O) groups is 2. The van der Waals surface area contributed by atoms with Crippen LogP contribution in [-0.4, -0.2) is 60.7 Å². The number of piperidine rings is 1. The number of hydrogen-bond acceptors (Lipinski definition) is 5. The highest BCUT2D eigenvalue weighted by Gasteiger charge is 2.48. The highest BCUT2D eigenvalue weighted by Crippen LogP contribution is 2.38. The number of halogens is 2. The minimum absolute atomic E-state index is 0.00899. The molecule has 8 nitrogen and oxygen atoms in total. The van der Waals surface area contributed by atoms with E-state index in [1.54, 1.807) is 6.07 Å². The number of sulfonamides is 1. The molecule has 2 heterocycles. The first-order chi connectivity index (χ1) is 17.8. The van der Waals surface area contributed by atoms with Crippen LogP contribution < -0.4 is 10.6 Å². The Balaban J connectivity index is 1.32. The van der Waals surface area contributed by atoms with Gasteiger partial charge in [-0.05, 0) is 88.0 Å². The molecule has 2 aliphatic heterocycles. The molecule has 1 aromatic rings. The molecule has 1 saturated heterocycles. The number of hydrogen-bond donors (Lipinski definition) is 2. The summed E-state index contributed by atoms with van der Waals surface area (Å²) < 4.78 is 54.4. The van der Waals surface area contributed by atoms with Gasteiger partial charge in [0.25, 0.3) is 5.91 Å². The Bertz CT molecular complexity index is 1200. The SMILES string of the molecule is CC(=O)Nc1ccc(CCS(=O)(=O)N2CCC3(CC2)N=C(C2CCC(CC(C)(F)F)CC2)NC3=O)c(C)c1. The van der Waals surface area contributed by atoms with E-state index in [1.165, 1.54) is 11.2 Å². The number of benzene rings is 1. The number of carbonyl (C=O) groups excluding carboxylic acids is 2. The van der Waals surface area contributed by atoms with Crippen molar-refractivity contribution in [3.63, 3.8) is 0 Å². The van der Waals surface area contributed by atoms with Crippen molar-refractivity contribution >= 4 is 33.4 Å². The van der Waals surface area contributed by atoms with Crippen molar-refractivity contribution in [2.75, 3.05) is 24.2 Å². The first-order valence-corrected chi connectivity index (χ1v) is 15.0. The van der Waals surface area contributed by atoms with E-state index >= 15 is 0 Å². The summed E-state index contributed by atoms with van der Waals surface area (Å²) >= 11 is 0. The van der Waals surface area contributed by atoms with E-state index in [0.717, 1.165) is 30.9 Å². The Morgan fingerprint density at radius 2 is 1.87 bits per heavy atom. The average molecular weight is 553 g/mol. The molecule has 2 N–H and O–H groups in total. The van der Waals surface area contributed by atoms with Gasteiger partial charge in [-0.3, -0.25) is 14.6 Å². The Labute approximate surface area is 223 Å². The maximum atomic E-state index is 13.4. The first kappa shape index (κ1) is 28.6. The summed E-state index contributed by atoms with van der Waals surface area (Å²) in [5.41, 5.74) is 1.54. The number of nitrogens with one attached hydrogen (secondary N) is 2. The highest BCUT2D eigenvalue weighted by molar-refractivity contribution is 7.89. The van der Waals surface area contributed by atoms with Gasteiger partial charge in [0.1, 0.15) is 11.4 Å². The molecule has 4 rings (SSSR count). The third-order valence-corrected chi connectivity index (χ3v) is 9.99. The van der Waals surface area contributed by atoms with E-state index in [0.29, 0.717) is 43.6 Å². The van der Waals surface area contributed by atoms with Gasteiger partial charge >= 0.3 is 0 Å². The maximum absolute atomic E-state index is 13.4. The second-order valence-corrected chi connectivity index (χ2v) is 13.4. The lowest BCUT2D eigenvalue weighted by atomic mass is 9.79. The van der Waals surface area contributed by atoms with Gasteiger partial charge in [0.15, 0.2) is 0 Å². The molecule has 0 aromatic heterocycles. The fraction of sp³-hybridized carbons (Fsp3) is 0.667. The van der Waals surface area contributed by atoms with Crippen molar-refractivity contribution < 1.29 is 26.8 Å². The molecule has 2 amide bonds. The predicted octanol–water partition coefficient (Wildman–Crippen LogP) is 4.04. The van der Waals surface area contributed by atoms with E-state index in [9.17, 15) is 26.8 Å². The summed E-state index contributed by atoms with van der Waals surface area (Å²) in [6.45, 7) is 4.74. The Hall–Kier alpha value is -2.40. The number of rotatable bonds is 8. The van der Waals surface area contributed by atoms with Crippen molar-refractivity contribution in [2.45, 2.75) is 83.6 Å². The molecule has 210 valence electrons. The van der Waals surface area contributed by atoms with Crippen LogP contribution in [0.5, 0.6) is 0 Å². The van der Waals surface area contributed by atoms with Gasteiger partial charge in [0.2, 0.25) is 21.9 Å². The third kappa shape index (κ3) is 6.77. The van der Waals surface area contributed by atoms with E-state index in [1.807, 2.05) is 19.1 Å². The standard InChI is InChI=1S/C27H38F2N4O4S/c1-18-16-23(30-19(2)34)9-8-21(18)10-15-38(36,37)33-13-11-27(12-14-33)25(35)31-24(32-27)22-6-4-20(5-7-22)17-26(3,28)29/h8-9,16,20,22H,4-7,10-15,17H2,1-3H3,(H,30,34)(H,31,32,35).